The Balaban J connectivity index is 1.40. The van der Waals surface area contributed by atoms with Crippen LogP contribution in [0.5, 0.6) is 0 Å². The lowest BCUT2D eigenvalue weighted by atomic mass is 10.0. The lowest BCUT2D eigenvalue weighted by Gasteiger charge is -2.34. The zero-order chi connectivity index (χ0) is 16.5. The molecule has 24 heavy (non-hydrogen) atoms. The zero-order valence-corrected chi connectivity index (χ0v) is 14.9. The number of carbonyl (C=O) groups is 1. The van der Waals surface area contributed by atoms with Crippen molar-refractivity contribution in [1.29, 1.82) is 0 Å². The van der Waals surface area contributed by atoms with Gasteiger partial charge in [-0.05, 0) is 35.2 Å². The van der Waals surface area contributed by atoms with E-state index in [1.165, 1.54) is 5.56 Å². The molecule has 2 aliphatic rings. The van der Waals surface area contributed by atoms with Crippen LogP contribution in [0.3, 0.4) is 0 Å². The van der Waals surface area contributed by atoms with Gasteiger partial charge in [-0.15, -0.1) is 0 Å². The number of hydrogen-bond donors (Lipinski definition) is 0. The highest BCUT2D eigenvalue weighted by molar-refractivity contribution is 7.07. The largest absolute Gasteiger partial charge is 0.335 e. The Labute approximate surface area is 146 Å². The molecule has 4 heterocycles. The molecule has 1 amide bonds. The topological polar surface area (TPSA) is 41.4 Å². The van der Waals surface area contributed by atoms with Crippen molar-refractivity contribution in [2.45, 2.75) is 38.8 Å². The van der Waals surface area contributed by atoms with Gasteiger partial charge in [0.1, 0.15) is 17.7 Å². The lowest BCUT2D eigenvalue weighted by Crippen LogP contribution is -2.48. The summed E-state index contributed by atoms with van der Waals surface area (Å²) in [5, 5.41) is 4.32. The monoisotopic (exact) mass is 343 g/mol. The number of amides is 1. The van der Waals surface area contributed by atoms with E-state index in [2.05, 4.69) is 44.4 Å². The molecule has 5 nitrogen and oxygen atoms in total. The minimum absolute atomic E-state index is 0.0954. The van der Waals surface area contributed by atoms with E-state index in [1.54, 1.807) is 11.3 Å². The highest BCUT2D eigenvalue weighted by atomic mass is 32.1. The second kappa shape index (κ2) is 6.69. The second-order valence-corrected chi connectivity index (χ2v) is 7.61. The van der Waals surface area contributed by atoms with Gasteiger partial charge in [0.25, 0.3) is 5.91 Å². The number of fused-ring (bicyclic) bond motifs is 1. The molecule has 0 N–H and O–H groups in total. The van der Waals surface area contributed by atoms with Gasteiger partial charge < -0.3 is 9.47 Å². The van der Waals surface area contributed by atoms with Crippen molar-refractivity contribution in [2.24, 2.45) is 0 Å². The third-order valence-corrected chi connectivity index (χ3v) is 5.86. The number of aromatic nitrogens is 2. The Morgan fingerprint density at radius 1 is 1.33 bits per heavy atom. The first kappa shape index (κ1) is 15.8. The van der Waals surface area contributed by atoms with Crippen molar-refractivity contribution in [2.75, 3.05) is 26.2 Å². The smallest absolute Gasteiger partial charge is 0.272 e. The summed E-state index contributed by atoms with van der Waals surface area (Å²) in [7, 11) is 0. The van der Waals surface area contributed by atoms with Crippen LogP contribution in [-0.4, -0.2) is 51.4 Å². The molecule has 0 spiro atoms. The van der Waals surface area contributed by atoms with Crippen LogP contribution in [0, 0.1) is 6.20 Å². The van der Waals surface area contributed by atoms with Gasteiger partial charge in [0, 0.05) is 45.2 Å². The first-order chi connectivity index (χ1) is 11.7. The molecule has 1 atom stereocenters. The molecule has 6 heteroatoms. The zero-order valence-electron chi connectivity index (χ0n) is 14.1. The molecule has 127 valence electrons. The van der Waals surface area contributed by atoms with Crippen LogP contribution in [0.25, 0.3) is 0 Å². The highest BCUT2D eigenvalue weighted by Crippen LogP contribution is 2.27. The third kappa shape index (κ3) is 3.00. The lowest BCUT2D eigenvalue weighted by molar-refractivity contribution is 0.0616. The summed E-state index contributed by atoms with van der Waals surface area (Å²) in [6.07, 6.45) is 5.27. The Morgan fingerprint density at radius 2 is 2.17 bits per heavy atom. The van der Waals surface area contributed by atoms with Crippen LogP contribution in [-0.2, 0) is 13.1 Å². The van der Waals surface area contributed by atoms with Crippen molar-refractivity contribution < 1.29 is 4.79 Å². The Hall–Kier alpha value is -1.66. The van der Waals surface area contributed by atoms with E-state index in [4.69, 9.17) is 0 Å². The molecule has 2 aliphatic heterocycles. The summed E-state index contributed by atoms with van der Waals surface area (Å²) in [6, 6.07) is 2.18. The highest BCUT2D eigenvalue weighted by Gasteiger charge is 2.28. The van der Waals surface area contributed by atoms with Gasteiger partial charge >= 0.3 is 0 Å². The second-order valence-electron chi connectivity index (χ2n) is 6.83. The minimum Gasteiger partial charge on any atom is -0.335 e. The Bertz CT molecular complexity index is 701. The third-order valence-electron chi connectivity index (χ3n) is 5.13. The van der Waals surface area contributed by atoms with E-state index < -0.39 is 0 Å². The number of hydrogen-bond acceptors (Lipinski definition) is 4. The van der Waals surface area contributed by atoms with Gasteiger partial charge in [0.15, 0.2) is 0 Å². The number of imidazole rings is 1. The van der Waals surface area contributed by atoms with E-state index in [1.807, 2.05) is 4.90 Å². The first-order valence-electron chi connectivity index (χ1n) is 8.73. The molecule has 2 aromatic heterocycles. The van der Waals surface area contributed by atoms with E-state index in [0.29, 0.717) is 11.6 Å². The molecule has 1 unspecified atom stereocenters. The van der Waals surface area contributed by atoms with Gasteiger partial charge in [-0.3, -0.25) is 9.69 Å². The number of thiophene rings is 1. The Kier molecular flexibility index (Phi) is 4.41. The Morgan fingerprint density at radius 3 is 2.92 bits per heavy atom. The number of carbonyl (C=O) groups excluding carboxylic acids is 1. The van der Waals surface area contributed by atoms with Crippen molar-refractivity contribution in [3.63, 3.8) is 0 Å². The maximum atomic E-state index is 12.9. The average Bonchev–Trinajstić information content (AvgIpc) is 3.25. The van der Waals surface area contributed by atoms with Crippen LogP contribution < -0.4 is 0 Å². The summed E-state index contributed by atoms with van der Waals surface area (Å²) >= 11 is 1.74. The molecule has 0 aromatic carbocycles. The van der Waals surface area contributed by atoms with Crippen molar-refractivity contribution in [3.8, 4) is 0 Å². The van der Waals surface area contributed by atoms with E-state index in [-0.39, 0.29) is 5.91 Å². The van der Waals surface area contributed by atoms with Gasteiger partial charge in [0.2, 0.25) is 0 Å². The molecule has 4 rings (SSSR count). The minimum atomic E-state index is 0.0954. The maximum Gasteiger partial charge on any atom is 0.272 e. The van der Waals surface area contributed by atoms with Crippen molar-refractivity contribution in [3.05, 3.63) is 40.1 Å². The molecule has 0 bridgehead atoms. The normalized spacial score (nSPS) is 21.7. The van der Waals surface area contributed by atoms with E-state index in [0.717, 1.165) is 57.9 Å². The fraction of sp³-hybridized carbons (Fsp3) is 0.556. The molecule has 0 aliphatic carbocycles. The van der Waals surface area contributed by atoms with Crippen LogP contribution in [0.4, 0.5) is 0 Å². The predicted molar refractivity (Wildman–Crippen MR) is 94.2 cm³/mol. The fourth-order valence-corrected chi connectivity index (χ4v) is 4.36. The fourth-order valence-electron chi connectivity index (χ4n) is 3.70. The molecular formula is C18H23N4OS. The summed E-state index contributed by atoms with van der Waals surface area (Å²) in [4.78, 5) is 21.7. The summed E-state index contributed by atoms with van der Waals surface area (Å²) in [6.45, 7) is 7.49. The van der Waals surface area contributed by atoms with Crippen LogP contribution in [0.2, 0.25) is 0 Å². The van der Waals surface area contributed by atoms with Gasteiger partial charge in [-0.2, -0.15) is 11.3 Å². The van der Waals surface area contributed by atoms with Crippen LogP contribution in [0.15, 0.2) is 16.8 Å². The quantitative estimate of drug-likeness (QED) is 0.860. The van der Waals surface area contributed by atoms with Crippen molar-refractivity contribution >= 4 is 17.2 Å². The summed E-state index contributed by atoms with van der Waals surface area (Å²) in [5.74, 6) is 1.55. The van der Waals surface area contributed by atoms with Crippen LogP contribution >= 0.6 is 11.3 Å². The van der Waals surface area contributed by atoms with Gasteiger partial charge in [0.05, 0.1) is 0 Å². The molecule has 2 aromatic rings. The number of rotatable bonds is 3. The SMILES string of the molecule is CC1CCCn2c(C(=O)N3CCN(Cc4ccsc4)CC3)[c]nc21. The van der Waals surface area contributed by atoms with Crippen molar-refractivity contribution in [1.82, 2.24) is 19.4 Å². The molecule has 1 saturated heterocycles. The average molecular weight is 343 g/mol. The standard InChI is InChI=1S/C18H23N4OS/c1-14-3-2-5-22-16(11-19-17(14)22)18(23)21-8-6-20(7-9-21)12-15-4-10-24-13-15/h4,10,13-14H,2-3,5-9,12H2,1H3. The molecule has 0 saturated carbocycles. The summed E-state index contributed by atoms with van der Waals surface area (Å²) < 4.78 is 2.09. The molecule has 1 radical (unpaired) electrons. The summed E-state index contributed by atoms with van der Waals surface area (Å²) in [5.41, 5.74) is 2.02. The van der Waals surface area contributed by atoms with Crippen LogP contribution in [0.1, 0.15) is 47.6 Å². The van der Waals surface area contributed by atoms with Gasteiger partial charge in [-0.25, -0.2) is 4.98 Å². The molecule has 1 fully saturated rings. The predicted octanol–water partition coefficient (Wildman–Crippen LogP) is 2.60. The van der Waals surface area contributed by atoms with E-state index >= 15 is 0 Å². The first-order valence-corrected chi connectivity index (χ1v) is 9.67. The molecular weight excluding hydrogens is 320 g/mol. The number of piperazine rings is 1. The maximum absolute atomic E-state index is 12.9. The van der Waals surface area contributed by atoms with E-state index in [9.17, 15) is 4.79 Å². The van der Waals surface area contributed by atoms with Gasteiger partial charge in [-0.1, -0.05) is 6.92 Å². The number of nitrogens with zero attached hydrogens (tertiary/aromatic N) is 4.